The summed E-state index contributed by atoms with van der Waals surface area (Å²) < 4.78 is 47.1. The molecule has 1 N–H and O–H groups in total. The minimum absolute atomic E-state index is 0.303. The van der Waals surface area contributed by atoms with Crippen molar-refractivity contribution in [3.8, 4) is 11.5 Å². The molecule has 100 valence electrons. The maximum absolute atomic E-state index is 12.4. The Labute approximate surface area is 102 Å². The van der Waals surface area contributed by atoms with Crippen molar-refractivity contribution in [2.75, 3.05) is 14.2 Å². The first-order valence-corrected chi connectivity index (χ1v) is 4.91. The van der Waals surface area contributed by atoms with Gasteiger partial charge in [-0.1, -0.05) is 11.2 Å². The maximum Gasteiger partial charge on any atom is 0.433 e. The molecular formula is C11H12F3NO3. The van der Waals surface area contributed by atoms with Crippen LogP contribution in [0.15, 0.2) is 23.4 Å². The number of rotatable bonds is 4. The van der Waals surface area contributed by atoms with Crippen molar-refractivity contribution >= 4 is 5.71 Å². The van der Waals surface area contributed by atoms with Gasteiger partial charge in [-0.3, -0.25) is 0 Å². The van der Waals surface area contributed by atoms with Gasteiger partial charge in [0.25, 0.3) is 0 Å². The van der Waals surface area contributed by atoms with Crippen LogP contribution in [0.1, 0.15) is 5.56 Å². The molecule has 0 aliphatic rings. The molecule has 4 nitrogen and oxygen atoms in total. The van der Waals surface area contributed by atoms with Crippen LogP contribution in [0.5, 0.6) is 11.5 Å². The largest absolute Gasteiger partial charge is 0.493 e. The monoisotopic (exact) mass is 263 g/mol. The fourth-order valence-electron chi connectivity index (χ4n) is 1.38. The third-order valence-electron chi connectivity index (χ3n) is 2.27. The highest BCUT2D eigenvalue weighted by atomic mass is 19.4. The van der Waals surface area contributed by atoms with Gasteiger partial charge in [0.1, 0.15) is 0 Å². The highest BCUT2D eigenvalue weighted by Gasteiger charge is 2.36. The van der Waals surface area contributed by atoms with Gasteiger partial charge in [-0.25, -0.2) is 0 Å². The minimum atomic E-state index is -4.66. The molecule has 18 heavy (non-hydrogen) atoms. The molecule has 0 heterocycles. The number of oxime groups is 1. The van der Waals surface area contributed by atoms with E-state index in [9.17, 15) is 13.2 Å². The molecule has 0 aliphatic heterocycles. The molecule has 0 unspecified atom stereocenters. The van der Waals surface area contributed by atoms with Crippen LogP contribution >= 0.6 is 0 Å². The summed E-state index contributed by atoms with van der Waals surface area (Å²) in [4.78, 5) is 0. The van der Waals surface area contributed by atoms with E-state index >= 15 is 0 Å². The minimum Gasteiger partial charge on any atom is -0.493 e. The summed E-state index contributed by atoms with van der Waals surface area (Å²) in [5.74, 6) is 0.727. The molecule has 1 rings (SSSR count). The van der Waals surface area contributed by atoms with Crippen molar-refractivity contribution in [2.45, 2.75) is 12.6 Å². The van der Waals surface area contributed by atoms with Crippen LogP contribution in [0.2, 0.25) is 0 Å². The molecular weight excluding hydrogens is 251 g/mol. The Hall–Kier alpha value is -1.92. The lowest BCUT2D eigenvalue weighted by Gasteiger charge is -2.11. The average Bonchev–Trinajstić information content (AvgIpc) is 2.34. The zero-order valence-corrected chi connectivity index (χ0v) is 9.78. The molecule has 7 heteroatoms. The Morgan fingerprint density at radius 3 is 2.28 bits per heavy atom. The van der Waals surface area contributed by atoms with Gasteiger partial charge in [0.05, 0.1) is 14.2 Å². The van der Waals surface area contributed by atoms with E-state index in [4.69, 9.17) is 14.7 Å². The van der Waals surface area contributed by atoms with Crippen LogP contribution in [0.3, 0.4) is 0 Å². The van der Waals surface area contributed by atoms with Crippen LogP contribution < -0.4 is 9.47 Å². The third kappa shape index (κ3) is 3.28. The quantitative estimate of drug-likeness (QED) is 0.516. The molecule has 0 bridgehead atoms. The first kappa shape index (κ1) is 14.1. The van der Waals surface area contributed by atoms with E-state index in [1.807, 2.05) is 0 Å². The topological polar surface area (TPSA) is 51.0 Å². The normalized spacial score (nSPS) is 12.4. The number of alkyl halides is 3. The summed E-state index contributed by atoms with van der Waals surface area (Å²) in [6, 6.07) is 4.33. The molecule has 0 atom stereocenters. The summed E-state index contributed by atoms with van der Waals surface area (Å²) in [5.41, 5.74) is -0.965. The van der Waals surface area contributed by atoms with E-state index in [0.29, 0.717) is 17.1 Å². The lowest BCUT2D eigenvalue weighted by molar-refractivity contribution is -0.0622. The Balaban J connectivity index is 2.99. The van der Waals surface area contributed by atoms with E-state index in [-0.39, 0.29) is 0 Å². The summed E-state index contributed by atoms with van der Waals surface area (Å²) in [7, 11) is 2.81. The van der Waals surface area contributed by atoms with Crippen LogP contribution in [0.25, 0.3) is 0 Å². The van der Waals surface area contributed by atoms with E-state index < -0.39 is 18.3 Å². The van der Waals surface area contributed by atoms with Gasteiger partial charge in [-0.15, -0.1) is 0 Å². The molecule has 0 saturated carbocycles. The predicted molar refractivity (Wildman–Crippen MR) is 58.5 cm³/mol. The van der Waals surface area contributed by atoms with Crippen LogP contribution in [0.4, 0.5) is 13.2 Å². The second-order valence-electron chi connectivity index (χ2n) is 3.41. The first-order valence-electron chi connectivity index (χ1n) is 4.91. The number of halogens is 3. The van der Waals surface area contributed by atoms with E-state index in [1.54, 1.807) is 0 Å². The van der Waals surface area contributed by atoms with Gasteiger partial charge in [-0.05, 0) is 17.7 Å². The number of methoxy groups -OCH3 is 2. The van der Waals surface area contributed by atoms with Crippen molar-refractivity contribution in [3.63, 3.8) is 0 Å². The lowest BCUT2D eigenvalue weighted by atomic mass is 10.1. The number of nitrogens with zero attached hydrogens (tertiary/aromatic N) is 1. The van der Waals surface area contributed by atoms with Crippen molar-refractivity contribution in [1.29, 1.82) is 0 Å². The molecule has 0 aliphatic carbocycles. The zero-order chi connectivity index (χ0) is 13.8. The van der Waals surface area contributed by atoms with Crippen molar-refractivity contribution in [2.24, 2.45) is 5.16 Å². The summed E-state index contributed by atoms with van der Waals surface area (Å²) in [6.07, 6.45) is -5.21. The van der Waals surface area contributed by atoms with Gasteiger partial charge in [0, 0.05) is 6.42 Å². The molecule has 0 amide bonds. The first-order chi connectivity index (χ1) is 8.42. The molecule has 0 spiro atoms. The molecule has 0 fully saturated rings. The number of benzene rings is 1. The summed E-state index contributed by atoms with van der Waals surface area (Å²) in [5, 5.41) is 10.6. The fourth-order valence-corrected chi connectivity index (χ4v) is 1.38. The second kappa shape index (κ2) is 5.61. The molecule has 0 aromatic heterocycles. The van der Waals surface area contributed by atoms with Gasteiger partial charge in [-0.2, -0.15) is 13.2 Å². The zero-order valence-electron chi connectivity index (χ0n) is 9.78. The Morgan fingerprint density at radius 2 is 1.83 bits per heavy atom. The SMILES string of the molecule is COc1ccc(C/C(=N/O)C(F)(F)F)cc1OC. The van der Waals surface area contributed by atoms with Gasteiger partial charge in [0.15, 0.2) is 17.2 Å². The highest BCUT2D eigenvalue weighted by molar-refractivity contribution is 5.91. The van der Waals surface area contributed by atoms with Gasteiger partial charge >= 0.3 is 6.18 Å². The Kier molecular flexibility index (Phi) is 4.41. The van der Waals surface area contributed by atoms with Crippen molar-refractivity contribution < 1.29 is 27.9 Å². The predicted octanol–water partition coefficient (Wildman–Crippen LogP) is 2.64. The maximum atomic E-state index is 12.4. The second-order valence-corrected chi connectivity index (χ2v) is 3.41. The number of hydrogen-bond donors (Lipinski definition) is 1. The van der Waals surface area contributed by atoms with Crippen LogP contribution in [0, 0.1) is 0 Å². The number of hydrogen-bond acceptors (Lipinski definition) is 4. The number of ether oxygens (including phenoxy) is 2. The Bertz CT molecular complexity index is 444. The lowest BCUT2D eigenvalue weighted by Crippen LogP contribution is -2.25. The third-order valence-corrected chi connectivity index (χ3v) is 2.27. The highest BCUT2D eigenvalue weighted by Crippen LogP contribution is 2.29. The fraction of sp³-hybridized carbons (Fsp3) is 0.364. The van der Waals surface area contributed by atoms with Crippen LogP contribution in [-0.2, 0) is 6.42 Å². The summed E-state index contributed by atoms with van der Waals surface area (Å²) in [6.45, 7) is 0. The molecule has 1 aromatic rings. The standard InChI is InChI=1S/C11H12F3NO3/c1-17-8-4-3-7(5-9(8)18-2)6-10(15-16)11(12,13)14/h3-5,16H,6H2,1-2H3/b15-10-. The van der Waals surface area contributed by atoms with E-state index in [0.717, 1.165) is 0 Å². The molecule has 0 saturated heterocycles. The summed E-state index contributed by atoms with van der Waals surface area (Å²) >= 11 is 0. The van der Waals surface area contributed by atoms with Crippen molar-refractivity contribution in [1.82, 2.24) is 0 Å². The smallest absolute Gasteiger partial charge is 0.433 e. The molecule has 0 radical (unpaired) electrons. The Morgan fingerprint density at radius 1 is 1.22 bits per heavy atom. The van der Waals surface area contributed by atoms with E-state index in [2.05, 4.69) is 5.16 Å². The van der Waals surface area contributed by atoms with E-state index in [1.165, 1.54) is 32.4 Å². The van der Waals surface area contributed by atoms with Gasteiger partial charge < -0.3 is 14.7 Å². The average molecular weight is 263 g/mol. The van der Waals surface area contributed by atoms with Crippen molar-refractivity contribution in [3.05, 3.63) is 23.8 Å². The van der Waals surface area contributed by atoms with Gasteiger partial charge in [0.2, 0.25) is 0 Å². The molecule has 1 aromatic carbocycles. The van der Waals surface area contributed by atoms with Crippen LogP contribution in [-0.4, -0.2) is 31.3 Å².